The monoisotopic (exact) mass is 250 g/mol. The molecular weight excluding hydrogens is 236 g/mol. The van der Waals surface area contributed by atoms with Crippen molar-refractivity contribution in [2.24, 2.45) is 0 Å². The molecule has 0 bridgehead atoms. The van der Waals surface area contributed by atoms with E-state index in [9.17, 15) is 9.59 Å². The van der Waals surface area contributed by atoms with Gasteiger partial charge in [0.05, 0.1) is 6.61 Å². The fraction of sp³-hybridized carbons (Fsp3) is 0.250. The molecule has 1 aromatic heterocycles. The minimum Gasteiger partial charge on any atom is -0.477 e. The molecule has 0 aromatic carbocycles. The van der Waals surface area contributed by atoms with Crippen molar-refractivity contribution in [3.8, 4) is 0 Å². The van der Waals surface area contributed by atoms with Crippen molar-refractivity contribution in [2.45, 2.75) is 0 Å². The van der Waals surface area contributed by atoms with Crippen LogP contribution in [0, 0.1) is 0 Å². The number of aliphatic hydroxyl groups is 1. The van der Waals surface area contributed by atoms with Crippen LogP contribution in [0.4, 0.5) is 0 Å². The summed E-state index contributed by atoms with van der Waals surface area (Å²) in [4.78, 5) is 27.8. The molecule has 18 heavy (non-hydrogen) atoms. The van der Waals surface area contributed by atoms with Crippen molar-refractivity contribution in [1.82, 2.24) is 9.88 Å². The molecule has 0 atom stereocenters. The largest absolute Gasteiger partial charge is 0.477 e. The van der Waals surface area contributed by atoms with E-state index < -0.39 is 11.9 Å². The van der Waals surface area contributed by atoms with Gasteiger partial charge < -0.3 is 15.1 Å². The van der Waals surface area contributed by atoms with Crippen LogP contribution >= 0.6 is 0 Å². The van der Waals surface area contributed by atoms with E-state index in [1.54, 1.807) is 0 Å². The van der Waals surface area contributed by atoms with E-state index in [4.69, 9.17) is 10.2 Å². The molecule has 0 aliphatic carbocycles. The van der Waals surface area contributed by atoms with Crippen molar-refractivity contribution in [3.05, 3.63) is 42.2 Å². The number of aromatic nitrogens is 1. The molecule has 0 unspecified atom stereocenters. The molecule has 6 nitrogen and oxygen atoms in total. The zero-order valence-electron chi connectivity index (χ0n) is 9.74. The van der Waals surface area contributed by atoms with Gasteiger partial charge in [0.1, 0.15) is 11.4 Å². The molecule has 1 rings (SSSR count). The molecule has 6 heteroatoms. The molecule has 0 spiro atoms. The number of aromatic carboxylic acids is 1. The predicted molar refractivity (Wildman–Crippen MR) is 64.4 cm³/mol. The molecule has 1 heterocycles. The summed E-state index contributed by atoms with van der Waals surface area (Å²) >= 11 is 0. The van der Waals surface area contributed by atoms with Crippen LogP contribution in [0.1, 0.15) is 21.0 Å². The van der Waals surface area contributed by atoms with Gasteiger partial charge in [0, 0.05) is 13.1 Å². The Hall–Kier alpha value is -2.21. The number of carbonyl (C=O) groups excluding carboxylic acids is 1. The Bertz CT molecular complexity index is 459. The number of carbonyl (C=O) groups is 2. The number of carboxylic acid groups (broad SMARTS) is 1. The second-order valence-electron chi connectivity index (χ2n) is 3.48. The third-order valence-corrected chi connectivity index (χ3v) is 2.19. The SMILES string of the molecule is C=CCN(CCO)C(=O)c1cccc(C(=O)O)n1. The molecule has 2 N–H and O–H groups in total. The average molecular weight is 250 g/mol. The first-order valence-electron chi connectivity index (χ1n) is 5.31. The van der Waals surface area contributed by atoms with Crippen molar-refractivity contribution in [1.29, 1.82) is 0 Å². The summed E-state index contributed by atoms with van der Waals surface area (Å²) in [5.41, 5.74) is -0.159. The van der Waals surface area contributed by atoms with Crippen LogP contribution < -0.4 is 0 Å². The highest BCUT2D eigenvalue weighted by atomic mass is 16.4. The second-order valence-corrected chi connectivity index (χ2v) is 3.48. The normalized spacial score (nSPS) is 9.83. The highest BCUT2D eigenvalue weighted by Gasteiger charge is 2.17. The molecule has 0 saturated carbocycles. The highest BCUT2D eigenvalue weighted by molar-refractivity contribution is 5.94. The first kappa shape index (κ1) is 13.9. The summed E-state index contributed by atoms with van der Waals surface area (Å²) in [6.07, 6.45) is 1.52. The summed E-state index contributed by atoms with van der Waals surface area (Å²) in [7, 11) is 0. The van der Waals surface area contributed by atoms with Crippen molar-refractivity contribution in [3.63, 3.8) is 0 Å². The van der Waals surface area contributed by atoms with Crippen LogP contribution in [0.25, 0.3) is 0 Å². The zero-order chi connectivity index (χ0) is 13.5. The van der Waals surface area contributed by atoms with Crippen LogP contribution in [0.3, 0.4) is 0 Å². The van der Waals surface area contributed by atoms with Gasteiger partial charge in [-0.2, -0.15) is 0 Å². The quantitative estimate of drug-likeness (QED) is 0.713. The lowest BCUT2D eigenvalue weighted by atomic mass is 10.2. The van der Waals surface area contributed by atoms with Crippen LogP contribution in [0.15, 0.2) is 30.9 Å². The Labute approximate surface area is 104 Å². The first-order valence-corrected chi connectivity index (χ1v) is 5.31. The summed E-state index contributed by atoms with van der Waals surface area (Å²) in [6.45, 7) is 3.74. The Morgan fingerprint density at radius 1 is 1.39 bits per heavy atom. The number of rotatable bonds is 6. The third-order valence-electron chi connectivity index (χ3n) is 2.19. The lowest BCUT2D eigenvalue weighted by Gasteiger charge is -2.19. The van der Waals surface area contributed by atoms with Crippen molar-refractivity contribution >= 4 is 11.9 Å². The molecule has 1 amide bonds. The Morgan fingerprint density at radius 2 is 2.06 bits per heavy atom. The molecule has 0 saturated heterocycles. The van der Waals surface area contributed by atoms with Gasteiger partial charge in [0.25, 0.3) is 5.91 Å². The van der Waals surface area contributed by atoms with Gasteiger partial charge in [-0.25, -0.2) is 9.78 Å². The van der Waals surface area contributed by atoms with E-state index in [1.807, 2.05) is 0 Å². The number of hydrogen-bond acceptors (Lipinski definition) is 4. The number of nitrogens with zero attached hydrogens (tertiary/aromatic N) is 2. The van der Waals surface area contributed by atoms with Gasteiger partial charge in [-0.1, -0.05) is 12.1 Å². The Balaban J connectivity index is 2.96. The van der Waals surface area contributed by atoms with E-state index in [0.717, 1.165) is 0 Å². The second kappa shape index (κ2) is 6.51. The lowest BCUT2D eigenvalue weighted by Crippen LogP contribution is -2.34. The first-order chi connectivity index (χ1) is 8.60. The smallest absolute Gasteiger partial charge is 0.354 e. The highest BCUT2D eigenvalue weighted by Crippen LogP contribution is 2.04. The summed E-state index contributed by atoms with van der Waals surface area (Å²) < 4.78 is 0. The van der Waals surface area contributed by atoms with Gasteiger partial charge in [0.2, 0.25) is 0 Å². The van der Waals surface area contributed by atoms with Gasteiger partial charge in [-0.3, -0.25) is 4.79 Å². The van der Waals surface area contributed by atoms with Crippen molar-refractivity contribution in [2.75, 3.05) is 19.7 Å². The molecule has 0 aliphatic heterocycles. The maximum Gasteiger partial charge on any atom is 0.354 e. The third kappa shape index (κ3) is 3.39. The number of pyridine rings is 1. The van der Waals surface area contributed by atoms with Crippen molar-refractivity contribution < 1.29 is 19.8 Å². The molecule has 0 fully saturated rings. The summed E-state index contributed by atoms with van der Waals surface area (Å²) in [5.74, 6) is -1.63. The zero-order valence-corrected chi connectivity index (χ0v) is 9.74. The van der Waals surface area contributed by atoms with Gasteiger partial charge >= 0.3 is 5.97 Å². The Morgan fingerprint density at radius 3 is 2.61 bits per heavy atom. The predicted octanol–water partition coefficient (Wildman–Crippen LogP) is 0.400. The van der Waals surface area contributed by atoms with E-state index in [0.29, 0.717) is 0 Å². The molecule has 0 aliphatic rings. The van der Waals surface area contributed by atoms with Crippen LogP contribution in [-0.4, -0.2) is 51.7 Å². The van der Waals surface area contributed by atoms with Crippen LogP contribution in [0.5, 0.6) is 0 Å². The number of aliphatic hydroxyl groups excluding tert-OH is 1. The number of carboxylic acids is 1. The fourth-order valence-electron chi connectivity index (χ4n) is 1.39. The maximum atomic E-state index is 12.0. The van der Waals surface area contributed by atoms with E-state index in [2.05, 4.69) is 11.6 Å². The summed E-state index contributed by atoms with van der Waals surface area (Å²) in [5, 5.41) is 17.7. The minimum absolute atomic E-state index is 0.0326. The van der Waals surface area contributed by atoms with Gasteiger partial charge in [0.15, 0.2) is 0 Å². The summed E-state index contributed by atoms with van der Waals surface area (Å²) in [6, 6.07) is 4.19. The lowest BCUT2D eigenvalue weighted by molar-refractivity contribution is 0.0689. The van der Waals surface area contributed by atoms with E-state index in [-0.39, 0.29) is 31.1 Å². The number of amides is 1. The molecule has 0 radical (unpaired) electrons. The average Bonchev–Trinajstić information content (AvgIpc) is 2.38. The molecular formula is C12H14N2O4. The standard InChI is InChI=1S/C12H14N2O4/c1-2-6-14(7-8-15)11(16)9-4-3-5-10(13-9)12(17)18/h2-5,15H,1,6-8H2,(H,17,18). The fourth-order valence-corrected chi connectivity index (χ4v) is 1.39. The molecule has 1 aromatic rings. The van der Waals surface area contributed by atoms with Gasteiger partial charge in [-0.15, -0.1) is 6.58 Å². The maximum absolute atomic E-state index is 12.0. The Kier molecular flexibility index (Phi) is 5.01. The number of hydrogen-bond donors (Lipinski definition) is 2. The van der Waals surface area contributed by atoms with E-state index in [1.165, 1.54) is 29.2 Å². The van der Waals surface area contributed by atoms with Crippen LogP contribution in [-0.2, 0) is 0 Å². The van der Waals surface area contributed by atoms with Crippen LogP contribution in [0.2, 0.25) is 0 Å². The topological polar surface area (TPSA) is 90.7 Å². The minimum atomic E-state index is -1.19. The molecule has 96 valence electrons. The van der Waals surface area contributed by atoms with Gasteiger partial charge in [-0.05, 0) is 12.1 Å². The van der Waals surface area contributed by atoms with E-state index >= 15 is 0 Å².